The van der Waals surface area contributed by atoms with Gasteiger partial charge in [-0.1, -0.05) is 12.1 Å². The standard InChI is InChI=1S/C20H31N3O5/c1-20(2,3)28-19(26)23-14-18(25)22-13-5-12-21-17(24)11-8-15-6-9-16(27-4)10-7-15/h6-7,9-10H,5,8,11-14H2,1-4H3,(H,21,24)(H,22,25)(H,23,26). The molecule has 3 amide bonds. The van der Waals surface area contributed by atoms with Crippen molar-refractivity contribution >= 4 is 17.9 Å². The number of aryl methyl sites for hydroxylation is 1. The van der Waals surface area contributed by atoms with Crippen LogP contribution in [0.25, 0.3) is 0 Å². The molecule has 0 saturated heterocycles. The molecule has 156 valence electrons. The van der Waals surface area contributed by atoms with Crippen molar-refractivity contribution in [2.24, 2.45) is 0 Å². The number of ether oxygens (including phenoxy) is 2. The van der Waals surface area contributed by atoms with E-state index in [4.69, 9.17) is 9.47 Å². The third kappa shape index (κ3) is 11.1. The number of amides is 3. The number of rotatable bonds is 10. The van der Waals surface area contributed by atoms with Crippen LogP contribution in [0.2, 0.25) is 0 Å². The van der Waals surface area contributed by atoms with Gasteiger partial charge in [0.25, 0.3) is 0 Å². The topological polar surface area (TPSA) is 106 Å². The third-order valence-electron chi connectivity index (χ3n) is 3.59. The molecule has 0 aliphatic heterocycles. The highest BCUT2D eigenvalue weighted by molar-refractivity contribution is 5.82. The Kier molecular flexibility index (Phi) is 9.84. The lowest BCUT2D eigenvalue weighted by Crippen LogP contribution is -2.40. The molecule has 0 radical (unpaired) electrons. The molecular formula is C20H31N3O5. The van der Waals surface area contributed by atoms with E-state index in [9.17, 15) is 14.4 Å². The smallest absolute Gasteiger partial charge is 0.408 e. The normalized spacial score (nSPS) is 10.7. The fourth-order valence-corrected chi connectivity index (χ4v) is 2.21. The SMILES string of the molecule is COc1ccc(CCC(=O)NCCCNC(=O)CNC(=O)OC(C)(C)C)cc1. The number of benzene rings is 1. The maximum absolute atomic E-state index is 11.8. The van der Waals surface area contributed by atoms with Crippen LogP contribution in [0.1, 0.15) is 39.2 Å². The summed E-state index contributed by atoms with van der Waals surface area (Å²) in [7, 11) is 1.61. The number of hydrogen-bond acceptors (Lipinski definition) is 5. The van der Waals surface area contributed by atoms with Crippen molar-refractivity contribution in [3.63, 3.8) is 0 Å². The summed E-state index contributed by atoms with van der Waals surface area (Å²) >= 11 is 0. The van der Waals surface area contributed by atoms with Crippen molar-refractivity contribution in [1.82, 2.24) is 16.0 Å². The summed E-state index contributed by atoms with van der Waals surface area (Å²) in [5.74, 6) is 0.446. The Labute approximate surface area is 166 Å². The van der Waals surface area contributed by atoms with Crippen molar-refractivity contribution in [1.29, 1.82) is 0 Å². The Morgan fingerprint density at radius 3 is 2.11 bits per heavy atom. The molecule has 0 fully saturated rings. The predicted octanol–water partition coefficient (Wildman–Crippen LogP) is 1.77. The Bertz CT molecular complexity index is 638. The van der Waals surface area contributed by atoms with Crippen LogP contribution in [-0.2, 0) is 20.7 Å². The summed E-state index contributed by atoms with van der Waals surface area (Å²) in [6, 6.07) is 7.61. The van der Waals surface area contributed by atoms with Gasteiger partial charge in [-0.2, -0.15) is 0 Å². The average Bonchev–Trinajstić information content (AvgIpc) is 2.63. The predicted molar refractivity (Wildman–Crippen MR) is 106 cm³/mol. The second-order valence-corrected chi connectivity index (χ2v) is 7.26. The first kappa shape index (κ1) is 23.3. The molecule has 1 aromatic carbocycles. The van der Waals surface area contributed by atoms with Gasteiger partial charge in [0, 0.05) is 19.5 Å². The minimum absolute atomic E-state index is 0.0336. The number of carbonyl (C=O) groups is 3. The first-order valence-corrected chi connectivity index (χ1v) is 9.33. The number of methoxy groups -OCH3 is 1. The molecule has 0 heterocycles. The monoisotopic (exact) mass is 393 g/mol. The molecule has 1 rings (SSSR count). The van der Waals surface area contributed by atoms with E-state index in [1.165, 1.54) is 0 Å². The molecule has 0 bridgehead atoms. The molecule has 0 unspecified atom stereocenters. The van der Waals surface area contributed by atoms with Gasteiger partial charge in [-0.05, 0) is 51.3 Å². The summed E-state index contributed by atoms with van der Waals surface area (Å²) in [5.41, 5.74) is 0.465. The van der Waals surface area contributed by atoms with Gasteiger partial charge in [-0.25, -0.2) is 4.79 Å². The van der Waals surface area contributed by atoms with E-state index >= 15 is 0 Å². The van der Waals surface area contributed by atoms with E-state index in [0.717, 1.165) is 11.3 Å². The van der Waals surface area contributed by atoms with Gasteiger partial charge < -0.3 is 25.4 Å². The first-order chi connectivity index (χ1) is 13.2. The van der Waals surface area contributed by atoms with Crippen LogP contribution in [0, 0.1) is 0 Å². The van der Waals surface area contributed by atoms with Crippen molar-refractivity contribution in [2.45, 2.75) is 45.6 Å². The van der Waals surface area contributed by atoms with E-state index in [2.05, 4.69) is 16.0 Å². The lowest BCUT2D eigenvalue weighted by atomic mass is 10.1. The number of nitrogens with one attached hydrogen (secondary N) is 3. The van der Waals surface area contributed by atoms with Gasteiger partial charge in [0.05, 0.1) is 13.7 Å². The highest BCUT2D eigenvalue weighted by Gasteiger charge is 2.16. The van der Waals surface area contributed by atoms with E-state index in [-0.39, 0.29) is 18.4 Å². The Balaban J connectivity index is 2.07. The molecule has 8 heteroatoms. The summed E-state index contributed by atoms with van der Waals surface area (Å²) in [4.78, 5) is 34.9. The average molecular weight is 393 g/mol. The molecular weight excluding hydrogens is 362 g/mol. The van der Waals surface area contributed by atoms with Crippen LogP contribution in [0.5, 0.6) is 5.75 Å². The fraction of sp³-hybridized carbons (Fsp3) is 0.550. The number of alkyl carbamates (subject to hydrolysis) is 1. The molecule has 0 aliphatic rings. The van der Waals surface area contributed by atoms with E-state index in [1.54, 1.807) is 27.9 Å². The van der Waals surface area contributed by atoms with Crippen LogP contribution in [-0.4, -0.2) is 50.3 Å². The van der Waals surface area contributed by atoms with E-state index in [1.807, 2.05) is 24.3 Å². The van der Waals surface area contributed by atoms with E-state index in [0.29, 0.717) is 32.4 Å². The molecule has 1 aromatic rings. The number of hydrogen-bond donors (Lipinski definition) is 3. The van der Waals surface area contributed by atoms with Gasteiger partial charge in [0.2, 0.25) is 11.8 Å². The number of carbonyl (C=O) groups excluding carboxylic acids is 3. The van der Waals surface area contributed by atoms with Crippen LogP contribution in [0.15, 0.2) is 24.3 Å². The maximum Gasteiger partial charge on any atom is 0.408 e. The molecule has 8 nitrogen and oxygen atoms in total. The molecule has 0 spiro atoms. The molecule has 0 atom stereocenters. The second-order valence-electron chi connectivity index (χ2n) is 7.26. The maximum atomic E-state index is 11.8. The molecule has 0 aliphatic carbocycles. The van der Waals surface area contributed by atoms with Crippen molar-refractivity contribution in [3.8, 4) is 5.75 Å². The van der Waals surface area contributed by atoms with Crippen LogP contribution in [0.3, 0.4) is 0 Å². The summed E-state index contributed by atoms with van der Waals surface area (Å²) in [6.45, 7) is 5.98. The Hall–Kier alpha value is -2.77. The highest BCUT2D eigenvalue weighted by Crippen LogP contribution is 2.12. The first-order valence-electron chi connectivity index (χ1n) is 9.33. The lowest BCUT2D eigenvalue weighted by Gasteiger charge is -2.19. The van der Waals surface area contributed by atoms with Crippen LogP contribution in [0.4, 0.5) is 4.79 Å². The summed E-state index contributed by atoms with van der Waals surface area (Å²) < 4.78 is 10.1. The lowest BCUT2D eigenvalue weighted by molar-refractivity contribution is -0.121. The Morgan fingerprint density at radius 2 is 1.54 bits per heavy atom. The Morgan fingerprint density at radius 1 is 0.929 bits per heavy atom. The van der Waals surface area contributed by atoms with Gasteiger partial charge >= 0.3 is 6.09 Å². The highest BCUT2D eigenvalue weighted by atomic mass is 16.6. The van der Waals surface area contributed by atoms with Crippen LogP contribution < -0.4 is 20.7 Å². The van der Waals surface area contributed by atoms with Crippen LogP contribution >= 0.6 is 0 Å². The van der Waals surface area contributed by atoms with Gasteiger partial charge in [0.1, 0.15) is 11.4 Å². The van der Waals surface area contributed by atoms with Gasteiger partial charge in [-0.15, -0.1) is 0 Å². The fourth-order valence-electron chi connectivity index (χ4n) is 2.21. The minimum Gasteiger partial charge on any atom is -0.497 e. The van der Waals surface area contributed by atoms with E-state index < -0.39 is 11.7 Å². The minimum atomic E-state index is -0.633. The van der Waals surface area contributed by atoms with Crippen molar-refractivity contribution in [3.05, 3.63) is 29.8 Å². The molecule has 0 aromatic heterocycles. The van der Waals surface area contributed by atoms with Gasteiger partial charge in [-0.3, -0.25) is 9.59 Å². The third-order valence-corrected chi connectivity index (χ3v) is 3.59. The molecule has 28 heavy (non-hydrogen) atoms. The molecule has 3 N–H and O–H groups in total. The second kappa shape index (κ2) is 11.8. The van der Waals surface area contributed by atoms with Crippen molar-refractivity contribution in [2.75, 3.05) is 26.7 Å². The van der Waals surface area contributed by atoms with Gasteiger partial charge in [0.15, 0.2) is 0 Å². The largest absolute Gasteiger partial charge is 0.497 e. The quantitative estimate of drug-likeness (QED) is 0.526. The zero-order valence-electron chi connectivity index (χ0n) is 17.1. The summed E-state index contributed by atoms with van der Waals surface area (Å²) in [6.07, 6.45) is 1.03. The zero-order valence-corrected chi connectivity index (χ0v) is 17.1. The zero-order chi connectivity index (χ0) is 21.0. The molecule has 0 saturated carbocycles. The summed E-state index contributed by atoms with van der Waals surface area (Å²) in [5, 5.41) is 7.88. The van der Waals surface area contributed by atoms with Crippen molar-refractivity contribution < 1.29 is 23.9 Å².